The minimum absolute atomic E-state index is 0.0431. The maximum Gasteiger partial charge on any atom is 0.353 e. The van der Waals surface area contributed by atoms with Crippen LogP contribution in [0, 0.1) is 5.92 Å². The Balaban J connectivity index is 2.59. The lowest BCUT2D eigenvalue weighted by Crippen LogP contribution is -2.20. The Bertz CT molecular complexity index is 386. The van der Waals surface area contributed by atoms with E-state index in [4.69, 9.17) is 5.11 Å². The van der Waals surface area contributed by atoms with Gasteiger partial charge in [-0.05, 0) is 6.42 Å². The number of carbonyl (C=O) groups is 2. The second-order valence-electron chi connectivity index (χ2n) is 3.65. The van der Waals surface area contributed by atoms with Crippen molar-refractivity contribution in [2.45, 2.75) is 26.7 Å². The van der Waals surface area contributed by atoms with Crippen LogP contribution in [-0.4, -0.2) is 27.2 Å². The number of aromatic carboxylic acids is 1. The van der Waals surface area contributed by atoms with Crippen LogP contribution in [0.2, 0.25) is 0 Å². The molecule has 1 atom stereocenters. The number of H-pyrrole nitrogens is 1. The summed E-state index contributed by atoms with van der Waals surface area (Å²) in [6, 6.07) is 1.29. The van der Waals surface area contributed by atoms with Gasteiger partial charge in [-0.15, -0.1) is 0 Å². The summed E-state index contributed by atoms with van der Waals surface area (Å²) in [4.78, 5) is 22.1. The summed E-state index contributed by atoms with van der Waals surface area (Å²) in [7, 11) is 0. The highest BCUT2D eigenvalue weighted by Gasteiger charge is 2.14. The lowest BCUT2D eigenvalue weighted by molar-refractivity contribution is -0.119. The number of hydrogen-bond donors (Lipinski definition) is 3. The quantitative estimate of drug-likeness (QED) is 0.707. The molecule has 1 amide bonds. The van der Waals surface area contributed by atoms with Crippen LogP contribution < -0.4 is 5.32 Å². The van der Waals surface area contributed by atoms with Crippen LogP contribution in [0.5, 0.6) is 0 Å². The molecule has 0 saturated heterocycles. The average Bonchev–Trinajstić information content (AvgIpc) is 2.66. The van der Waals surface area contributed by atoms with Gasteiger partial charge in [0, 0.05) is 12.0 Å². The topological polar surface area (TPSA) is 95.1 Å². The van der Waals surface area contributed by atoms with Gasteiger partial charge in [-0.1, -0.05) is 20.3 Å². The molecule has 0 saturated carbocycles. The van der Waals surface area contributed by atoms with Gasteiger partial charge in [0.1, 0.15) is 5.69 Å². The molecule has 0 aliphatic carbocycles. The minimum Gasteiger partial charge on any atom is -0.477 e. The molecule has 0 aliphatic rings. The number of carbonyl (C=O) groups excluding carboxylic acids is 1. The Morgan fingerprint density at radius 3 is 2.81 bits per heavy atom. The highest BCUT2D eigenvalue weighted by Crippen LogP contribution is 2.10. The molecule has 6 nitrogen and oxygen atoms in total. The summed E-state index contributed by atoms with van der Waals surface area (Å²) in [5.74, 6) is -1.11. The second kappa shape index (κ2) is 5.29. The van der Waals surface area contributed by atoms with E-state index >= 15 is 0 Å². The predicted octanol–water partition coefficient (Wildman–Crippen LogP) is 1.48. The number of aromatic nitrogens is 2. The number of aromatic amines is 1. The molecular formula is C10H15N3O3. The van der Waals surface area contributed by atoms with Gasteiger partial charge >= 0.3 is 5.97 Å². The Hall–Kier alpha value is -1.85. The van der Waals surface area contributed by atoms with Crippen molar-refractivity contribution < 1.29 is 14.7 Å². The molecule has 0 aliphatic heterocycles. The van der Waals surface area contributed by atoms with Gasteiger partial charge in [-0.25, -0.2) is 4.79 Å². The van der Waals surface area contributed by atoms with Crippen LogP contribution in [0.25, 0.3) is 0 Å². The number of carboxylic acid groups (broad SMARTS) is 1. The van der Waals surface area contributed by atoms with Crippen LogP contribution in [0.4, 0.5) is 5.82 Å². The lowest BCUT2D eigenvalue weighted by Gasteiger charge is -2.08. The van der Waals surface area contributed by atoms with E-state index in [1.165, 1.54) is 6.07 Å². The first-order valence-corrected chi connectivity index (χ1v) is 5.14. The van der Waals surface area contributed by atoms with E-state index in [2.05, 4.69) is 15.5 Å². The summed E-state index contributed by atoms with van der Waals surface area (Å²) in [5.41, 5.74) is -0.0431. The number of rotatable bonds is 5. The van der Waals surface area contributed by atoms with Crippen molar-refractivity contribution in [3.63, 3.8) is 0 Å². The van der Waals surface area contributed by atoms with Crippen LogP contribution in [0.3, 0.4) is 0 Å². The van der Waals surface area contributed by atoms with Gasteiger partial charge in [-0.3, -0.25) is 9.89 Å². The SMILES string of the molecule is CCCC(C)C(=O)Nc1cc(C(=O)O)[nH]n1. The Kier molecular flexibility index (Phi) is 4.04. The molecule has 0 bridgehead atoms. The van der Waals surface area contributed by atoms with Crippen molar-refractivity contribution >= 4 is 17.7 Å². The van der Waals surface area contributed by atoms with Crippen molar-refractivity contribution in [3.8, 4) is 0 Å². The summed E-state index contributed by atoms with van der Waals surface area (Å²) >= 11 is 0. The Morgan fingerprint density at radius 2 is 2.31 bits per heavy atom. The molecule has 1 aromatic rings. The molecule has 0 fully saturated rings. The van der Waals surface area contributed by atoms with Gasteiger partial charge in [0.15, 0.2) is 5.82 Å². The molecule has 0 radical (unpaired) electrons. The number of carboxylic acids is 1. The van der Waals surface area contributed by atoms with E-state index in [1.807, 2.05) is 13.8 Å². The Labute approximate surface area is 93.1 Å². The van der Waals surface area contributed by atoms with Gasteiger partial charge in [-0.2, -0.15) is 5.10 Å². The first-order valence-electron chi connectivity index (χ1n) is 5.14. The molecule has 6 heteroatoms. The normalized spacial score (nSPS) is 12.1. The summed E-state index contributed by atoms with van der Waals surface area (Å²) in [6.07, 6.45) is 1.72. The van der Waals surface area contributed by atoms with E-state index in [1.54, 1.807) is 0 Å². The van der Waals surface area contributed by atoms with Gasteiger partial charge < -0.3 is 10.4 Å². The minimum atomic E-state index is -1.10. The predicted molar refractivity (Wildman–Crippen MR) is 58.2 cm³/mol. The first kappa shape index (κ1) is 12.2. The third kappa shape index (κ3) is 3.08. The summed E-state index contributed by atoms with van der Waals surface area (Å²) in [5, 5.41) is 17.2. The fourth-order valence-corrected chi connectivity index (χ4v) is 1.31. The van der Waals surface area contributed by atoms with Crippen molar-refractivity contribution in [1.29, 1.82) is 0 Å². The monoisotopic (exact) mass is 225 g/mol. The average molecular weight is 225 g/mol. The van der Waals surface area contributed by atoms with Crippen molar-refractivity contribution in [2.24, 2.45) is 5.92 Å². The molecular weight excluding hydrogens is 210 g/mol. The van der Waals surface area contributed by atoms with Gasteiger partial charge in [0.25, 0.3) is 0 Å². The van der Waals surface area contributed by atoms with Gasteiger partial charge in [0.2, 0.25) is 5.91 Å². The molecule has 88 valence electrons. The highest BCUT2D eigenvalue weighted by atomic mass is 16.4. The molecule has 1 aromatic heterocycles. The fourth-order valence-electron chi connectivity index (χ4n) is 1.31. The third-order valence-corrected chi connectivity index (χ3v) is 2.23. The Morgan fingerprint density at radius 1 is 1.62 bits per heavy atom. The third-order valence-electron chi connectivity index (χ3n) is 2.23. The van der Waals surface area contributed by atoms with Crippen molar-refractivity contribution in [2.75, 3.05) is 5.32 Å². The fraction of sp³-hybridized carbons (Fsp3) is 0.500. The number of nitrogens with zero attached hydrogens (tertiary/aromatic N) is 1. The van der Waals surface area contributed by atoms with E-state index in [9.17, 15) is 9.59 Å². The molecule has 16 heavy (non-hydrogen) atoms. The largest absolute Gasteiger partial charge is 0.477 e. The van der Waals surface area contributed by atoms with Crippen LogP contribution in [-0.2, 0) is 4.79 Å². The van der Waals surface area contributed by atoms with Crippen molar-refractivity contribution in [3.05, 3.63) is 11.8 Å². The molecule has 0 spiro atoms. The number of nitrogens with one attached hydrogen (secondary N) is 2. The molecule has 1 heterocycles. The molecule has 1 unspecified atom stereocenters. The zero-order chi connectivity index (χ0) is 12.1. The standard InChI is InChI=1S/C10H15N3O3/c1-3-4-6(2)9(14)11-8-5-7(10(15)16)12-13-8/h5-6H,3-4H2,1-2H3,(H,15,16)(H2,11,12,13,14). The highest BCUT2D eigenvalue weighted by molar-refractivity contribution is 5.93. The number of hydrogen-bond acceptors (Lipinski definition) is 3. The number of amides is 1. The maximum atomic E-state index is 11.6. The zero-order valence-corrected chi connectivity index (χ0v) is 9.28. The maximum absolute atomic E-state index is 11.6. The molecule has 0 aromatic carbocycles. The van der Waals surface area contributed by atoms with Crippen LogP contribution >= 0.6 is 0 Å². The van der Waals surface area contributed by atoms with Crippen LogP contribution in [0.1, 0.15) is 37.2 Å². The molecule has 3 N–H and O–H groups in total. The van der Waals surface area contributed by atoms with E-state index in [-0.39, 0.29) is 23.3 Å². The van der Waals surface area contributed by atoms with E-state index < -0.39 is 5.97 Å². The lowest BCUT2D eigenvalue weighted by atomic mass is 10.1. The van der Waals surface area contributed by atoms with Crippen molar-refractivity contribution in [1.82, 2.24) is 10.2 Å². The second-order valence-corrected chi connectivity index (χ2v) is 3.65. The summed E-state index contributed by atoms with van der Waals surface area (Å²) in [6.45, 7) is 3.82. The smallest absolute Gasteiger partial charge is 0.353 e. The number of anilines is 1. The van der Waals surface area contributed by atoms with E-state index in [0.29, 0.717) is 0 Å². The summed E-state index contributed by atoms with van der Waals surface area (Å²) < 4.78 is 0. The van der Waals surface area contributed by atoms with Gasteiger partial charge in [0.05, 0.1) is 0 Å². The first-order chi connectivity index (χ1) is 7.54. The zero-order valence-electron chi connectivity index (χ0n) is 9.28. The van der Waals surface area contributed by atoms with E-state index in [0.717, 1.165) is 12.8 Å². The van der Waals surface area contributed by atoms with Crippen LogP contribution in [0.15, 0.2) is 6.07 Å². The molecule has 1 rings (SSSR count).